The van der Waals surface area contributed by atoms with Crippen molar-refractivity contribution in [3.8, 4) is 11.1 Å². The highest BCUT2D eigenvalue weighted by molar-refractivity contribution is 7.88. The Morgan fingerprint density at radius 1 is 1.16 bits per heavy atom. The molecule has 2 heterocycles. The molecule has 43 heavy (non-hydrogen) atoms. The summed E-state index contributed by atoms with van der Waals surface area (Å²) in [5.74, 6) is -1.19. The van der Waals surface area contributed by atoms with Crippen LogP contribution in [0.25, 0.3) is 16.8 Å². The number of hydrogen-bond acceptors (Lipinski definition) is 6. The largest absolute Gasteiger partial charge is 0.387 e. The molecular weight excluding hydrogens is 616 g/mol. The third-order valence-electron chi connectivity index (χ3n) is 7.86. The molecule has 2 fully saturated rings. The molecule has 1 aromatic heterocycles. The number of carbonyl (C=O) groups excluding carboxylic acids is 1. The van der Waals surface area contributed by atoms with Crippen LogP contribution in [0.4, 0.5) is 4.39 Å². The zero-order chi connectivity index (χ0) is 31.3. The van der Waals surface area contributed by atoms with E-state index in [9.17, 15) is 22.4 Å². The standard InChI is InChI=1S/C30H30Cl2FN5O4S/c1-16-27(34)22(28(35-2)18-10-19(12-20(31)11-18)30(7-8-30)37-43(3,41)42)6-9-38(16)29(40)24-14-21(33)13-23(26(24)32)17-4-5-25(39)36-15-17/h4-5,10-16,34-35,37H,6-9H2,1-3H3,(H,36,39)/b28-22-,34-27?. The lowest BCUT2D eigenvalue weighted by Gasteiger charge is -2.37. The van der Waals surface area contributed by atoms with E-state index in [1.807, 2.05) is 6.07 Å². The maximum Gasteiger partial charge on any atom is 0.256 e. The number of H-pyrrole nitrogens is 1. The number of likely N-dealkylation sites (tertiary alicyclic amines) is 1. The molecule has 1 saturated carbocycles. The highest BCUT2D eigenvalue weighted by atomic mass is 35.5. The number of carbonyl (C=O) groups is 1. The average molecular weight is 647 g/mol. The second kappa shape index (κ2) is 11.5. The first-order chi connectivity index (χ1) is 20.2. The Hall–Kier alpha value is -3.51. The van der Waals surface area contributed by atoms with Crippen LogP contribution in [0.2, 0.25) is 10.0 Å². The van der Waals surface area contributed by atoms with Gasteiger partial charge in [-0.1, -0.05) is 23.2 Å². The van der Waals surface area contributed by atoms with Gasteiger partial charge in [-0.05, 0) is 79.3 Å². The molecule has 9 nitrogen and oxygen atoms in total. The van der Waals surface area contributed by atoms with Gasteiger partial charge in [0.05, 0.1) is 34.1 Å². The number of piperidine rings is 1. The third-order valence-corrected chi connectivity index (χ3v) is 9.25. The van der Waals surface area contributed by atoms with Crippen LogP contribution in [0.3, 0.4) is 0 Å². The molecule has 1 aliphatic heterocycles. The summed E-state index contributed by atoms with van der Waals surface area (Å²) in [6.45, 7) is 1.96. The van der Waals surface area contributed by atoms with Gasteiger partial charge in [0, 0.05) is 47.7 Å². The van der Waals surface area contributed by atoms with Crippen LogP contribution in [0, 0.1) is 11.2 Å². The number of aromatic amines is 1. The lowest BCUT2D eigenvalue weighted by atomic mass is 9.89. The molecule has 1 aliphatic carbocycles. The van der Waals surface area contributed by atoms with E-state index in [0.717, 1.165) is 17.9 Å². The fourth-order valence-corrected chi connectivity index (χ4v) is 7.17. The predicted molar refractivity (Wildman–Crippen MR) is 167 cm³/mol. The van der Waals surface area contributed by atoms with Crippen molar-refractivity contribution in [2.45, 2.75) is 37.8 Å². The van der Waals surface area contributed by atoms with Gasteiger partial charge in [0.2, 0.25) is 15.6 Å². The summed E-state index contributed by atoms with van der Waals surface area (Å²) < 4.78 is 41.5. The van der Waals surface area contributed by atoms with Gasteiger partial charge in [-0.2, -0.15) is 0 Å². The molecule has 1 amide bonds. The van der Waals surface area contributed by atoms with Gasteiger partial charge in [0.25, 0.3) is 5.91 Å². The summed E-state index contributed by atoms with van der Waals surface area (Å²) in [6, 6.07) is 9.75. The number of sulfonamides is 1. The van der Waals surface area contributed by atoms with Crippen LogP contribution in [-0.2, 0) is 15.6 Å². The molecule has 0 spiro atoms. The van der Waals surface area contributed by atoms with E-state index in [1.165, 1.54) is 29.3 Å². The normalized spacial score (nSPS) is 19.3. The molecule has 1 unspecified atom stereocenters. The Balaban J connectivity index is 1.46. The molecule has 1 saturated heterocycles. The summed E-state index contributed by atoms with van der Waals surface area (Å²) in [5.41, 5.74) is 2.55. The smallest absolute Gasteiger partial charge is 0.256 e. The summed E-state index contributed by atoms with van der Waals surface area (Å²) in [4.78, 5) is 29.2. The molecule has 2 aromatic carbocycles. The molecule has 1 atom stereocenters. The number of halogens is 3. The molecule has 226 valence electrons. The molecule has 13 heteroatoms. The first-order valence-electron chi connectivity index (χ1n) is 13.5. The number of amides is 1. The SMILES string of the molecule is CN/C(=C1/CCN(C(=O)c2cc(F)cc(-c3ccc(=O)[nH]c3)c2Cl)C(C)C1=N)c1cc(Cl)cc(C2(NS(C)(=O)=O)CC2)c1. The van der Waals surface area contributed by atoms with Crippen molar-refractivity contribution < 1.29 is 17.6 Å². The quantitative estimate of drug-likeness (QED) is 0.290. The van der Waals surface area contributed by atoms with Crippen molar-refractivity contribution in [3.63, 3.8) is 0 Å². The topological polar surface area (TPSA) is 135 Å². The van der Waals surface area contributed by atoms with Crippen molar-refractivity contribution in [1.82, 2.24) is 19.9 Å². The monoisotopic (exact) mass is 645 g/mol. The number of pyridine rings is 1. The highest BCUT2D eigenvalue weighted by Crippen LogP contribution is 2.47. The second-order valence-electron chi connectivity index (χ2n) is 10.9. The summed E-state index contributed by atoms with van der Waals surface area (Å²) in [6.07, 6.45) is 4.12. The van der Waals surface area contributed by atoms with E-state index >= 15 is 0 Å². The van der Waals surface area contributed by atoms with Crippen LogP contribution in [0.15, 0.2) is 59.0 Å². The van der Waals surface area contributed by atoms with Crippen LogP contribution in [-0.4, -0.2) is 55.8 Å². The van der Waals surface area contributed by atoms with E-state index in [-0.39, 0.29) is 34.0 Å². The average Bonchev–Trinajstić information content (AvgIpc) is 3.71. The number of nitrogens with one attached hydrogen (secondary N) is 4. The Bertz CT molecular complexity index is 1830. The second-order valence-corrected chi connectivity index (χ2v) is 13.4. The first kappa shape index (κ1) is 30.9. The van der Waals surface area contributed by atoms with E-state index in [1.54, 1.807) is 26.1 Å². The Morgan fingerprint density at radius 3 is 2.49 bits per heavy atom. The van der Waals surface area contributed by atoms with Crippen molar-refractivity contribution in [2.24, 2.45) is 0 Å². The van der Waals surface area contributed by atoms with Gasteiger partial charge in [-0.3, -0.25) is 9.59 Å². The van der Waals surface area contributed by atoms with Gasteiger partial charge in [0.1, 0.15) is 5.82 Å². The van der Waals surface area contributed by atoms with Crippen LogP contribution >= 0.6 is 23.2 Å². The first-order valence-corrected chi connectivity index (χ1v) is 16.2. The minimum absolute atomic E-state index is 0.0394. The van der Waals surface area contributed by atoms with Crippen LogP contribution in [0.1, 0.15) is 47.7 Å². The minimum atomic E-state index is -3.46. The Labute approximate surface area is 258 Å². The molecular formula is C30H30Cl2FN5O4S. The minimum Gasteiger partial charge on any atom is -0.387 e. The van der Waals surface area contributed by atoms with Crippen LogP contribution in [0.5, 0.6) is 0 Å². The van der Waals surface area contributed by atoms with Gasteiger partial charge in [-0.15, -0.1) is 0 Å². The molecule has 4 N–H and O–H groups in total. The van der Waals surface area contributed by atoms with Gasteiger partial charge < -0.3 is 20.6 Å². The Morgan fingerprint density at radius 2 is 1.88 bits per heavy atom. The molecule has 0 radical (unpaired) electrons. The lowest BCUT2D eigenvalue weighted by molar-refractivity contribution is 0.0728. The van der Waals surface area contributed by atoms with Crippen molar-refractivity contribution in [2.75, 3.05) is 19.8 Å². The molecule has 0 bridgehead atoms. The number of hydrogen-bond donors (Lipinski definition) is 4. The number of benzene rings is 2. The molecule has 3 aromatic rings. The maximum absolute atomic E-state index is 14.7. The highest BCUT2D eigenvalue weighted by Gasteiger charge is 2.47. The molecule has 5 rings (SSSR count). The van der Waals surface area contributed by atoms with E-state index < -0.39 is 33.3 Å². The number of nitrogens with zero attached hydrogens (tertiary/aromatic N) is 1. The van der Waals surface area contributed by atoms with E-state index in [4.69, 9.17) is 28.6 Å². The predicted octanol–water partition coefficient (Wildman–Crippen LogP) is 4.91. The lowest BCUT2D eigenvalue weighted by Crippen LogP contribution is -2.48. The third kappa shape index (κ3) is 6.26. The van der Waals surface area contributed by atoms with Crippen LogP contribution < -0.4 is 15.6 Å². The van der Waals surface area contributed by atoms with Gasteiger partial charge >= 0.3 is 0 Å². The zero-order valence-electron chi connectivity index (χ0n) is 23.6. The fourth-order valence-electron chi connectivity index (χ4n) is 5.60. The number of aromatic nitrogens is 1. The van der Waals surface area contributed by atoms with Crippen molar-refractivity contribution in [1.29, 1.82) is 5.41 Å². The van der Waals surface area contributed by atoms with Gasteiger partial charge in [0.15, 0.2) is 0 Å². The summed E-state index contributed by atoms with van der Waals surface area (Å²) in [5, 5.41) is 12.7. The van der Waals surface area contributed by atoms with Gasteiger partial charge in [-0.25, -0.2) is 17.5 Å². The number of rotatable bonds is 7. The van der Waals surface area contributed by atoms with Crippen molar-refractivity contribution >= 4 is 50.5 Å². The summed E-state index contributed by atoms with van der Waals surface area (Å²) >= 11 is 13.1. The van der Waals surface area contributed by atoms with Crippen molar-refractivity contribution in [3.05, 3.63) is 97.1 Å². The zero-order valence-corrected chi connectivity index (χ0v) is 26.0. The maximum atomic E-state index is 14.7. The fraction of sp³-hybridized carbons (Fsp3) is 0.300. The Kier molecular flexibility index (Phi) is 8.30. The molecule has 2 aliphatic rings. The van der Waals surface area contributed by atoms with E-state index in [0.29, 0.717) is 46.7 Å². The van der Waals surface area contributed by atoms with E-state index in [2.05, 4.69) is 15.0 Å². The summed E-state index contributed by atoms with van der Waals surface area (Å²) in [7, 11) is -1.73.